The molecule has 0 aliphatic heterocycles. The van der Waals surface area contributed by atoms with E-state index in [0.29, 0.717) is 18.6 Å². The molecule has 2 rings (SSSR count). The van der Waals surface area contributed by atoms with E-state index in [2.05, 4.69) is 4.74 Å². The summed E-state index contributed by atoms with van der Waals surface area (Å²) in [6, 6.07) is 8.73. The number of hydrogen-bond donors (Lipinski definition) is 0. The van der Waals surface area contributed by atoms with Crippen molar-refractivity contribution >= 4 is 0 Å². The quantitative estimate of drug-likeness (QED) is 0.687. The lowest BCUT2D eigenvalue weighted by molar-refractivity contribution is -0.185. The summed E-state index contributed by atoms with van der Waals surface area (Å²) >= 11 is 0. The summed E-state index contributed by atoms with van der Waals surface area (Å²) in [5.41, 5.74) is -0.380. The van der Waals surface area contributed by atoms with Crippen LogP contribution >= 0.6 is 0 Å². The Morgan fingerprint density at radius 1 is 0.773 bits per heavy atom. The molecule has 2 aromatic carbocycles. The SMILES string of the molecule is CCc1ccc(C(F)(F)Oc2ccc(C(F)(F)F)cc2)cc1. The minimum atomic E-state index is -4.52. The van der Waals surface area contributed by atoms with Crippen molar-refractivity contribution in [1.82, 2.24) is 0 Å². The maximum Gasteiger partial charge on any atom is 0.426 e. The lowest BCUT2D eigenvalue weighted by atomic mass is 10.1. The lowest BCUT2D eigenvalue weighted by Crippen LogP contribution is -2.21. The summed E-state index contributed by atoms with van der Waals surface area (Å²) < 4.78 is 69.7. The van der Waals surface area contributed by atoms with Gasteiger partial charge in [0.25, 0.3) is 0 Å². The van der Waals surface area contributed by atoms with Crippen LogP contribution in [-0.2, 0) is 18.7 Å². The van der Waals surface area contributed by atoms with Crippen molar-refractivity contribution in [1.29, 1.82) is 0 Å². The predicted molar refractivity (Wildman–Crippen MR) is 71.8 cm³/mol. The Bertz CT molecular complexity index is 614. The Labute approximate surface area is 124 Å². The molecule has 22 heavy (non-hydrogen) atoms. The molecule has 0 unspecified atom stereocenters. The smallest absolute Gasteiger partial charge is 0.426 e. The van der Waals surface area contributed by atoms with Gasteiger partial charge in [0.15, 0.2) is 0 Å². The van der Waals surface area contributed by atoms with Gasteiger partial charge in [0.05, 0.1) is 11.1 Å². The zero-order chi connectivity index (χ0) is 16.4. The minimum Gasteiger partial charge on any atom is -0.429 e. The molecule has 0 radical (unpaired) electrons. The van der Waals surface area contributed by atoms with Crippen molar-refractivity contribution < 1.29 is 26.7 Å². The molecule has 2 aromatic rings. The molecule has 0 fully saturated rings. The standard InChI is InChI=1S/C16H13F5O/c1-2-11-3-5-13(6-4-11)16(20,21)22-14-9-7-12(8-10-14)15(17,18)19/h3-10H,2H2,1H3. The zero-order valence-electron chi connectivity index (χ0n) is 11.6. The number of ether oxygens (including phenoxy) is 1. The Morgan fingerprint density at radius 3 is 1.73 bits per heavy atom. The van der Waals surface area contributed by atoms with Gasteiger partial charge in [-0.15, -0.1) is 0 Å². The van der Waals surface area contributed by atoms with Gasteiger partial charge in [-0.1, -0.05) is 19.1 Å². The summed E-state index contributed by atoms with van der Waals surface area (Å²) in [6.45, 7) is 1.89. The van der Waals surface area contributed by atoms with Gasteiger partial charge < -0.3 is 4.74 Å². The maximum atomic E-state index is 14.0. The van der Waals surface area contributed by atoms with Crippen LogP contribution in [0.2, 0.25) is 0 Å². The fourth-order valence-electron chi connectivity index (χ4n) is 1.85. The Balaban J connectivity index is 2.17. The zero-order valence-corrected chi connectivity index (χ0v) is 11.6. The van der Waals surface area contributed by atoms with E-state index in [9.17, 15) is 22.0 Å². The van der Waals surface area contributed by atoms with Gasteiger partial charge >= 0.3 is 12.3 Å². The molecule has 0 bridgehead atoms. The van der Waals surface area contributed by atoms with E-state index in [1.165, 1.54) is 12.1 Å². The molecule has 0 N–H and O–H groups in total. The van der Waals surface area contributed by atoms with Gasteiger partial charge in [-0.25, -0.2) is 0 Å². The average molecular weight is 316 g/mol. The van der Waals surface area contributed by atoms with Gasteiger partial charge in [0.2, 0.25) is 0 Å². The second kappa shape index (κ2) is 5.94. The molecule has 0 heterocycles. The number of aryl methyl sites for hydroxylation is 1. The van der Waals surface area contributed by atoms with Gasteiger partial charge in [-0.05, 0) is 48.4 Å². The van der Waals surface area contributed by atoms with Crippen molar-refractivity contribution in [3.8, 4) is 5.75 Å². The summed E-state index contributed by atoms with van der Waals surface area (Å²) in [7, 11) is 0. The third kappa shape index (κ3) is 3.75. The van der Waals surface area contributed by atoms with Crippen molar-refractivity contribution in [2.75, 3.05) is 0 Å². The fraction of sp³-hybridized carbons (Fsp3) is 0.250. The van der Waals surface area contributed by atoms with E-state index in [4.69, 9.17) is 0 Å². The minimum absolute atomic E-state index is 0.336. The van der Waals surface area contributed by atoms with E-state index in [-0.39, 0.29) is 11.3 Å². The molecular weight excluding hydrogens is 303 g/mol. The molecule has 0 spiro atoms. The van der Waals surface area contributed by atoms with Crippen LogP contribution in [0, 0.1) is 0 Å². The van der Waals surface area contributed by atoms with Crippen LogP contribution in [0.5, 0.6) is 5.75 Å². The highest BCUT2D eigenvalue weighted by molar-refractivity contribution is 5.31. The predicted octanol–water partition coefficient (Wildman–Crippen LogP) is 5.40. The van der Waals surface area contributed by atoms with Crippen LogP contribution in [0.15, 0.2) is 48.5 Å². The third-order valence-corrected chi connectivity index (χ3v) is 3.13. The van der Waals surface area contributed by atoms with Crippen molar-refractivity contribution in [2.24, 2.45) is 0 Å². The molecule has 0 saturated heterocycles. The Morgan fingerprint density at radius 2 is 1.27 bits per heavy atom. The third-order valence-electron chi connectivity index (χ3n) is 3.13. The first-order chi connectivity index (χ1) is 10.2. The molecule has 0 atom stereocenters. The second-order valence-electron chi connectivity index (χ2n) is 4.69. The first-order valence-corrected chi connectivity index (χ1v) is 6.56. The number of benzene rings is 2. The average Bonchev–Trinajstić information content (AvgIpc) is 2.46. The van der Waals surface area contributed by atoms with E-state index < -0.39 is 17.8 Å². The molecule has 6 heteroatoms. The molecule has 0 aliphatic rings. The topological polar surface area (TPSA) is 9.23 Å². The number of alkyl halides is 5. The molecule has 0 saturated carbocycles. The number of rotatable bonds is 4. The fourth-order valence-corrected chi connectivity index (χ4v) is 1.85. The highest BCUT2D eigenvalue weighted by Crippen LogP contribution is 2.34. The van der Waals surface area contributed by atoms with E-state index in [1.54, 1.807) is 12.1 Å². The summed E-state index contributed by atoms with van der Waals surface area (Å²) in [4.78, 5) is 0. The van der Waals surface area contributed by atoms with Gasteiger partial charge in [0.1, 0.15) is 5.75 Å². The lowest BCUT2D eigenvalue weighted by Gasteiger charge is -2.19. The highest BCUT2D eigenvalue weighted by atomic mass is 19.4. The molecule has 0 aromatic heterocycles. The number of halogens is 5. The van der Waals surface area contributed by atoms with Crippen LogP contribution in [0.1, 0.15) is 23.6 Å². The van der Waals surface area contributed by atoms with E-state index >= 15 is 0 Å². The van der Waals surface area contributed by atoms with Crippen molar-refractivity contribution in [2.45, 2.75) is 25.6 Å². The van der Waals surface area contributed by atoms with Crippen LogP contribution in [0.3, 0.4) is 0 Å². The maximum absolute atomic E-state index is 14.0. The van der Waals surface area contributed by atoms with Crippen molar-refractivity contribution in [3.63, 3.8) is 0 Å². The number of hydrogen-bond acceptors (Lipinski definition) is 1. The Hall–Kier alpha value is -2.11. The largest absolute Gasteiger partial charge is 0.429 e. The monoisotopic (exact) mass is 316 g/mol. The first-order valence-electron chi connectivity index (χ1n) is 6.56. The highest BCUT2D eigenvalue weighted by Gasteiger charge is 2.35. The van der Waals surface area contributed by atoms with Crippen LogP contribution in [0.25, 0.3) is 0 Å². The first kappa shape index (κ1) is 16.3. The molecule has 118 valence electrons. The summed E-state index contributed by atoms with van der Waals surface area (Å²) in [5, 5.41) is 0. The molecule has 0 amide bonds. The van der Waals surface area contributed by atoms with Gasteiger partial charge in [-0.2, -0.15) is 22.0 Å². The van der Waals surface area contributed by atoms with Gasteiger partial charge in [0, 0.05) is 0 Å². The normalized spacial score (nSPS) is 12.3. The van der Waals surface area contributed by atoms with E-state index in [1.807, 2.05) is 6.92 Å². The second-order valence-corrected chi connectivity index (χ2v) is 4.69. The Kier molecular flexibility index (Phi) is 4.39. The van der Waals surface area contributed by atoms with Crippen LogP contribution < -0.4 is 4.74 Å². The summed E-state index contributed by atoms with van der Waals surface area (Å²) in [6.07, 6.45) is -7.42. The van der Waals surface area contributed by atoms with E-state index in [0.717, 1.165) is 17.7 Å². The van der Waals surface area contributed by atoms with Gasteiger partial charge in [-0.3, -0.25) is 0 Å². The molecule has 0 aliphatic carbocycles. The van der Waals surface area contributed by atoms with Crippen molar-refractivity contribution in [3.05, 3.63) is 65.2 Å². The van der Waals surface area contributed by atoms with Crippen LogP contribution in [0.4, 0.5) is 22.0 Å². The molecule has 1 nitrogen and oxygen atoms in total. The van der Waals surface area contributed by atoms with Crippen LogP contribution in [-0.4, -0.2) is 0 Å². The molecular formula is C16H13F5O. The summed E-state index contributed by atoms with van der Waals surface area (Å²) in [5.74, 6) is -0.336.